The van der Waals surface area contributed by atoms with E-state index in [4.69, 9.17) is 9.15 Å². The van der Waals surface area contributed by atoms with E-state index in [2.05, 4.69) is 15.3 Å². The second kappa shape index (κ2) is 7.19. The first kappa shape index (κ1) is 17.8. The summed E-state index contributed by atoms with van der Waals surface area (Å²) in [5, 5.41) is 4.36. The molecule has 0 amide bonds. The van der Waals surface area contributed by atoms with Crippen LogP contribution in [0.25, 0.3) is 21.8 Å². The van der Waals surface area contributed by atoms with Gasteiger partial charge in [-0.25, -0.2) is 9.59 Å². The van der Waals surface area contributed by atoms with Crippen molar-refractivity contribution in [3.05, 3.63) is 70.2 Å². The van der Waals surface area contributed by atoms with E-state index in [1.807, 2.05) is 49.5 Å². The number of aromatic nitrogens is 2. The summed E-state index contributed by atoms with van der Waals surface area (Å²) >= 11 is 0. The molecule has 1 unspecified atom stereocenters. The smallest absolute Gasteiger partial charge is 0.348 e. The Morgan fingerprint density at radius 3 is 2.89 bits per heavy atom. The molecule has 0 aliphatic carbocycles. The Kier molecular flexibility index (Phi) is 4.57. The quantitative estimate of drug-likeness (QED) is 0.519. The topological polar surface area (TPSA) is 97.2 Å². The van der Waals surface area contributed by atoms with Gasteiger partial charge in [0.2, 0.25) is 0 Å². The third-order valence-corrected chi connectivity index (χ3v) is 4.75. The number of fused-ring (bicyclic) bond motifs is 2. The summed E-state index contributed by atoms with van der Waals surface area (Å²) in [6.45, 7) is 1.82. The minimum atomic E-state index is -0.762. The van der Waals surface area contributed by atoms with Gasteiger partial charge in [0.25, 0.3) is 6.01 Å². The Morgan fingerprint density at radius 2 is 2.07 bits per heavy atom. The molecule has 0 aliphatic heterocycles. The molecule has 2 aromatic heterocycles. The number of carbonyl (C=O) groups excluding carboxylic acids is 1. The summed E-state index contributed by atoms with van der Waals surface area (Å²) in [6.07, 6.45) is 2.20. The van der Waals surface area contributed by atoms with Crippen LogP contribution in [0, 0.1) is 6.92 Å². The summed E-state index contributed by atoms with van der Waals surface area (Å²) in [4.78, 5) is 32.2. The molecule has 0 bridgehead atoms. The van der Waals surface area contributed by atoms with Crippen molar-refractivity contribution in [1.82, 2.24) is 9.97 Å². The zero-order chi connectivity index (χ0) is 19.7. The van der Waals surface area contributed by atoms with E-state index >= 15 is 0 Å². The number of nitrogens with one attached hydrogen (secondary N) is 2. The van der Waals surface area contributed by atoms with Crippen LogP contribution in [0.2, 0.25) is 0 Å². The minimum absolute atomic E-state index is 0.0154. The van der Waals surface area contributed by atoms with Gasteiger partial charge < -0.3 is 19.5 Å². The van der Waals surface area contributed by atoms with Gasteiger partial charge in [-0.3, -0.25) is 0 Å². The number of hydrogen-bond donors (Lipinski definition) is 2. The molecule has 4 rings (SSSR count). The van der Waals surface area contributed by atoms with Crippen LogP contribution in [-0.4, -0.2) is 29.1 Å². The van der Waals surface area contributed by atoms with E-state index in [0.29, 0.717) is 17.3 Å². The normalized spacial score (nSPS) is 12.2. The molecule has 0 radical (unpaired) electrons. The Hall–Kier alpha value is -3.61. The molecular weight excluding hydrogens is 358 g/mol. The zero-order valence-electron chi connectivity index (χ0n) is 15.5. The highest BCUT2D eigenvalue weighted by molar-refractivity contribution is 5.86. The number of H-pyrrole nitrogens is 1. The molecule has 0 aliphatic rings. The van der Waals surface area contributed by atoms with Gasteiger partial charge in [-0.05, 0) is 30.2 Å². The van der Waals surface area contributed by atoms with Gasteiger partial charge in [0.05, 0.1) is 18.0 Å². The number of nitrogens with zero attached hydrogens (tertiary/aromatic N) is 1. The molecule has 7 nitrogen and oxygen atoms in total. The number of benzene rings is 2. The average molecular weight is 377 g/mol. The summed E-state index contributed by atoms with van der Waals surface area (Å²) < 4.78 is 10.2. The van der Waals surface area contributed by atoms with Crippen LogP contribution in [-0.2, 0) is 16.0 Å². The van der Waals surface area contributed by atoms with Crippen molar-refractivity contribution in [2.75, 3.05) is 12.4 Å². The average Bonchev–Trinajstić information content (AvgIpc) is 3.09. The fraction of sp³-hybridized carbons (Fsp3) is 0.190. The fourth-order valence-electron chi connectivity index (χ4n) is 3.35. The summed E-state index contributed by atoms with van der Waals surface area (Å²) in [5.41, 5.74) is 2.72. The molecule has 1 atom stereocenters. The maximum Gasteiger partial charge on any atom is 0.348 e. The predicted octanol–water partition coefficient (Wildman–Crippen LogP) is 3.17. The van der Waals surface area contributed by atoms with Crippen molar-refractivity contribution in [1.29, 1.82) is 0 Å². The van der Waals surface area contributed by atoms with Gasteiger partial charge in [0.1, 0.15) is 6.04 Å². The number of carbonyl (C=O) groups is 1. The second-order valence-electron chi connectivity index (χ2n) is 6.56. The van der Waals surface area contributed by atoms with Gasteiger partial charge >= 0.3 is 11.6 Å². The number of ether oxygens (including phenoxy) is 1. The number of aryl methyl sites for hydroxylation is 1. The zero-order valence-corrected chi connectivity index (χ0v) is 15.5. The molecule has 28 heavy (non-hydrogen) atoms. The molecule has 2 aromatic carbocycles. The van der Waals surface area contributed by atoms with Crippen LogP contribution in [0.3, 0.4) is 0 Å². The van der Waals surface area contributed by atoms with Crippen LogP contribution in [0.4, 0.5) is 6.01 Å². The molecule has 2 N–H and O–H groups in total. The van der Waals surface area contributed by atoms with Gasteiger partial charge in [0, 0.05) is 23.5 Å². The molecular formula is C21H19N3O4. The first-order valence-electron chi connectivity index (χ1n) is 8.86. The van der Waals surface area contributed by atoms with E-state index < -0.39 is 17.6 Å². The maximum atomic E-state index is 12.4. The van der Waals surface area contributed by atoms with E-state index in [-0.39, 0.29) is 6.01 Å². The SMILES string of the molecule is COC(=O)C(Cc1c[nH]c2ccccc12)Nc1nc2cccc(C)c2c(=O)o1. The number of methoxy groups -OCH3 is 1. The standard InChI is InChI=1S/C21H19N3O4/c1-12-6-5-9-16-18(12)20(26)28-21(23-16)24-17(19(25)27-2)10-13-11-22-15-8-4-3-7-14(13)15/h3-9,11,17,22H,10H2,1-2H3,(H,23,24). The maximum absolute atomic E-state index is 12.4. The molecule has 142 valence electrons. The lowest BCUT2D eigenvalue weighted by atomic mass is 10.1. The van der Waals surface area contributed by atoms with Crippen molar-refractivity contribution >= 4 is 33.8 Å². The first-order chi connectivity index (χ1) is 13.6. The van der Waals surface area contributed by atoms with Crippen LogP contribution < -0.4 is 10.9 Å². The van der Waals surface area contributed by atoms with Crippen LogP contribution >= 0.6 is 0 Å². The van der Waals surface area contributed by atoms with E-state index in [1.165, 1.54) is 7.11 Å². The van der Waals surface area contributed by atoms with Crippen molar-refractivity contribution < 1.29 is 13.9 Å². The Bertz CT molecular complexity index is 1230. The van der Waals surface area contributed by atoms with Gasteiger partial charge in [-0.15, -0.1) is 0 Å². The number of esters is 1. The highest BCUT2D eigenvalue weighted by Gasteiger charge is 2.23. The molecule has 4 aromatic rings. The van der Waals surface area contributed by atoms with E-state index in [1.54, 1.807) is 6.07 Å². The number of para-hydroxylation sites is 1. The van der Waals surface area contributed by atoms with Crippen LogP contribution in [0.1, 0.15) is 11.1 Å². The van der Waals surface area contributed by atoms with Crippen molar-refractivity contribution in [2.24, 2.45) is 0 Å². The number of aromatic amines is 1. The lowest BCUT2D eigenvalue weighted by molar-refractivity contribution is -0.141. The highest BCUT2D eigenvalue weighted by Crippen LogP contribution is 2.21. The molecule has 0 spiro atoms. The van der Waals surface area contributed by atoms with Gasteiger partial charge in [0.15, 0.2) is 0 Å². The predicted molar refractivity (Wildman–Crippen MR) is 106 cm³/mol. The fourth-order valence-corrected chi connectivity index (χ4v) is 3.35. The molecule has 0 saturated heterocycles. The number of rotatable bonds is 5. The Morgan fingerprint density at radius 1 is 1.25 bits per heavy atom. The van der Waals surface area contributed by atoms with Crippen molar-refractivity contribution in [2.45, 2.75) is 19.4 Å². The lowest BCUT2D eigenvalue weighted by Crippen LogP contribution is -2.33. The van der Waals surface area contributed by atoms with Crippen LogP contribution in [0.15, 0.2) is 57.9 Å². The van der Waals surface area contributed by atoms with Gasteiger partial charge in [-0.2, -0.15) is 4.98 Å². The van der Waals surface area contributed by atoms with Gasteiger partial charge in [-0.1, -0.05) is 30.3 Å². The first-order valence-corrected chi connectivity index (χ1v) is 8.86. The second-order valence-corrected chi connectivity index (χ2v) is 6.56. The van der Waals surface area contributed by atoms with Crippen molar-refractivity contribution in [3.63, 3.8) is 0 Å². The summed E-state index contributed by atoms with van der Waals surface area (Å²) in [7, 11) is 1.32. The summed E-state index contributed by atoms with van der Waals surface area (Å²) in [6, 6.07) is 12.4. The molecule has 0 fully saturated rings. The molecule has 0 saturated carbocycles. The monoisotopic (exact) mass is 377 g/mol. The summed E-state index contributed by atoms with van der Waals surface area (Å²) in [5.74, 6) is -0.473. The molecule has 7 heteroatoms. The largest absolute Gasteiger partial charge is 0.467 e. The third-order valence-electron chi connectivity index (χ3n) is 4.75. The van der Waals surface area contributed by atoms with Crippen molar-refractivity contribution in [3.8, 4) is 0 Å². The number of anilines is 1. The molecule has 2 heterocycles. The van der Waals surface area contributed by atoms with E-state index in [9.17, 15) is 9.59 Å². The highest BCUT2D eigenvalue weighted by atomic mass is 16.5. The Labute approximate surface area is 160 Å². The minimum Gasteiger partial charge on any atom is -0.467 e. The number of hydrogen-bond acceptors (Lipinski definition) is 6. The third kappa shape index (κ3) is 3.22. The van der Waals surface area contributed by atoms with Crippen LogP contribution in [0.5, 0.6) is 0 Å². The Balaban J connectivity index is 1.68. The lowest BCUT2D eigenvalue weighted by Gasteiger charge is -2.16. The van der Waals surface area contributed by atoms with E-state index in [0.717, 1.165) is 22.0 Å².